The molecule has 1 atom stereocenters. The van der Waals surface area contributed by atoms with E-state index in [-0.39, 0.29) is 4.90 Å². The Balaban J connectivity index is 1.94. The van der Waals surface area contributed by atoms with Crippen molar-refractivity contribution in [2.24, 2.45) is 0 Å². The minimum atomic E-state index is -3.82. The molecule has 144 valence electrons. The van der Waals surface area contributed by atoms with Gasteiger partial charge < -0.3 is 0 Å². The van der Waals surface area contributed by atoms with Crippen LogP contribution in [-0.4, -0.2) is 19.5 Å². The fraction of sp³-hybridized carbons (Fsp3) is 0.0500. The summed E-state index contributed by atoms with van der Waals surface area (Å²) in [5, 5.41) is 9.56. The summed E-state index contributed by atoms with van der Waals surface area (Å²) in [7, 11) is -3.82. The highest BCUT2D eigenvalue weighted by atomic mass is 35.5. The zero-order chi connectivity index (χ0) is 20.1. The van der Waals surface area contributed by atoms with Crippen molar-refractivity contribution < 1.29 is 18.4 Å². The SMILES string of the molecule is O=C(NO)C(c1ccccc1)c1cccc(NS(=O)(=O)c2ccc(Cl)cc2)c1. The maximum atomic E-state index is 12.6. The van der Waals surface area contributed by atoms with Gasteiger partial charge in [0.2, 0.25) is 0 Å². The largest absolute Gasteiger partial charge is 0.289 e. The number of halogens is 1. The van der Waals surface area contributed by atoms with Crippen LogP contribution in [0, 0.1) is 0 Å². The highest BCUT2D eigenvalue weighted by Gasteiger charge is 2.23. The van der Waals surface area contributed by atoms with E-state index in [0.717, 1.165) is 0 Å². The first-order chi connectivity index (χ1) is 13.4. The quantitative estimate of drug-likeness (QED) is 0.421. The third-order valence-electron chi connectivity index (χ3n) is 4.10. The summed E-state index contributed by atoms with van der Waals surface area (Å²) in [5.41, 5.74) is 3.14. The molecule has 0 aliphatic carbocycles. The Bertz CT molecular complexity index is 1070. The molecule has 3 N–H and O–H groups in total. The van der Waals surface area contributed by atoms with E-state index in [2.05, 4.69) is 4.72 Å². The lowest BCUT2D eigenvalue weighted by Gasteiger charge is -2.17. The van der Waals surface area contributed by atoms with Crippen molar-refractivity contribution in [3.63, 3.8) is 0 Å². The lowest BCUT2D eigenvalue weighted by molar-refractivity contribution is -0.129. The molecule has 0 heterocycles. The van der Waals surface area contributed by atoms with Gasteiger partial charge in [-0.05, 0) is 47.5 Å². The van der Waals surface area contributed by atoms with Crippen LogP contribution in [0.2, 0.25) is 5.02 Å². The number of hydrogen-bond acceptors (Lipinski definition) is 4. The Morgan fingerprint density at radius 1 is 0.893 bits per heavy atom. The lowest BCUT2D eigenvalue weighted by atomic mass is 9.90. The summed E-state index contributed by atoms with van der Waals surface area (Å²) >= 11 is 5.81. The van der Waals surface area contributed by atoms with Crippen LogP contribution in [0.5, 0.6) is 0 Å². The molecule has 0 fully saturated rings. The predicted molar refractivity (Wildman–Crippen MR) is 107 cm³/mol. The molecule has 6 nitrogen and oxygen atoms in total. The molecule has 0 saturated heterocycles. The van der Waals surface area contributed by atoms with Crippen molar-refractivity contribution in [1.82, 2.24) is 5.48 Å². The molecular formula is C20H17ClN2O4S. The molecular weight excluding hydrogens is 400 g/mol. The summed E-state index contributed by atoms with van der Waals surface area (Å²) in [6.45, 7) is 0. The van der Waals surface area contributed by atoms with Gasteiger partial charge in [-0.25, -0.2) is 13.9 Å². The summed E-state index contributed by atoms with van der Waals surface area (Å²) in [4.78, 5) is 12.3. The van der Waals surface area contributed by atoms with E-state index in [9.17, 15) is 13.2 Å². The van der Waals surface area contributed by atoms with E-state index in [1.165, 1.54) is 24.3 Å². The van der Waals surface area contributed by atoms with Crippen LogP contribution in [0.1, 0.15) is 17.0 Å². The van der Waals surface area contributed by atoms with Gasteiger partial charge in [0.25, 0.3) is 15.9 Å². The second-order valence-corrected chi connectivity index (χ2v) is 8.12. The van der Waals surface area contributed by atoms with E-state index in [0.29, 0.717) is 21.8 Å². The van der Waals surface area contributed by atoms with Gasteiger partial charge in [0.15, 0.2) is 0 Å². The number of nitrogens with one attached hydrogen (secondary N) is 2. The van der Waals surface area contributed by atoms with Crippen LogP contribution in [-0.2, 0) is 14.8 Å². The Hall–Kier alpha value is -2.87. The number of anilines is 1. The minimum Gasteiger partial charge on any atom is -0.289 e. The predicted octanol–water partition coefficient (Wildman–Crippen LogP) is 3.78. The average molecular weight is 417 g/mol. The number of benzene rings is 3. The molecule has 3 rings (SSSR count). The topological polar surface area (TPSA) is 95.5 Å². The Kier molecular flexibility index (Phi) is 5.99. The van der Waals surface area contributed by atoms with Gasteiger partial charge in [-0.3, -0.25) is 14.7 Å². The van der Waals surface area contributed by atoms with Crippen molar-refractivity contribution in [1.29, 1.82) is 0 Å². The zero-order valence-corrected chi connectivity index (χ0v) is 16.1. The molecule has 3 aromatic carbocycles. The first kappa shape index (κ1) is 19.9. The van der Waals surface area contributed by atoms with Gasteiger partial charge in [-0.2, -0.15) is 0 Å². The number of sulfonamides is 1. The molecule has 0 aliphatic rings. The smallest absolute Gasteiger partial charge is 0.261 e. The van der Waals surface area contributed by atoms with E-state index in [1.807, 2.05) is 6.07 Å². The first-order valence-corrected chi connectivity index (χ1v) is 10.1. The number of hydroxylamine groups is 1. The van der Waals surface area contributed by atoms with Crippen LogP contribution in [0.4, 0.5) is 5.69 Å². The number of carbonyl (C=O) groups excluding carboxylic acids is 1. The van der Waals surface area contributed by atoms with Gasteiger partial charge >= 0.3 is 0 Å². The Morgan fingerprint density at radius 2 is 1.54 bits per heavy atom. The van der Waals surface area contributed by atoms with Crippen molar-refractivity contribution in [2.75, 3.05) is 4.72 Å². The average Bonchev–Trinajstić information content (AvgIpc) is 2.69. The van der Waals surface area contributed by atoms with Crippen LogP contribution < -0.4 is 10.2 Å². The Morgan fingerprint density at radius 3 is 2.18 bits per heavy atom. The standard InChI is InChI=1S/C20H17ClN2O4S/c21-16-9-11-18(12-10-16)28(26,27)23-17-8-4-7-15(13-17)19(20(24)22-25)14-5-2-1-3-6-14/h1-13,19,23,25H,(H,22,24). The molecule has 28 heavy (non-hydrogen) atoms. The number of carbonyl (C=O) groups is 1. The molecule has 3 aromatic rings. The molecule has 0 bridgehead atoms. The normalized spacial score (nSPS) is 12.2. The van der Waals surface area contributed by atoms with Gasteiger partial charge in [-0.15, -0.1) is 0 Å². The second-order valence-electron chi connectivity index (χ2n) is 6.00. The van der Waals surface area contributed by atoms with Crippen molar-refractivity contribution in [3.8, 4) is 0 Å². The van der Waals surface area contributed by atoms with Gasteiger partial charge in [-0.1, -0.05) is 54.1 Å². The maximum Gasteiger partial charge on any atom is 0.261 e. The van der Waals surface area contributed by atoms with Gasteiger partial charge in [0, 0.05) is 10.7 Å². The fourth-order valence-corrected chi connectivity index (χ4v) is 3.99. The second kappa shape index (κ2) is 8.43. The molecule has 1 amide bonds. The van der Waals surface area contributed by atoms with Crippen LogP contribution in [0.25, 0.3) is 0 Å². The first-order valence-electron chi connectivity index (χ1n) is 8.28. The van der Waals surface area contributed by atoms with Gasteiger partial charge in [0.05, 0.1) is 10.8 Å². The third kappa shape index (κ3) is 4.51. The fourth-order valence-electron chi connectivity index (χ4n) is 2.81. The molecule has 1 unspecified atom stereocenters. The molecule has 0 spiro atoms. The zero-order valence-electron chi connectivity index (χ0n) is 14.5. The van der Waals surface area contributed by atoms with Crippen LogP contribution >= 0.6 is 11.6 Å². The van der Waals surface area contributed by atoms with Crippen molar-refractivity contribution >= 4 is 33.2 Å². The lowest BCUT2D eigenvalue weighted by Crippen LogP contribution is -2.27. The number of hydrogen-bond donors (Lipinski definition) is 3. The van der Waals surface area contributed by atoms with Crippen LogP contribution in [0.3, 0.4) is 0 Å². The van der Waals surface area contributed by atoms with Crippen molar-refractivity contribution in [3.05, 3.63) is 95.0 Å². The Labute approximate surface area is 167 Å². The summed E-state index contributed by atoms with van der Waals surface area (Å²) < 4.78 is 27.7. The molecule has 8 heteroatoms. The molecule has 0 aromatic heterocycles. The van der Waals surface area contributed by atoms with E-state index >= 15 is 0 Å². The summed E-state index contributed by atoms with van der Waals surface area (Å²) in [6, 6.07) is 21.1. The minimum absolute atomic E-state index is 0.0648. The highest BCUT2D eigenvalue weighted by molar-refractivity contribution is 7.92. The highest BCUT2D eigenvalue weighted by Crippen LogP contribution is 2.28. The molecule has 0 radical (unpaired) electrons. The van der Waals surface area contributed by atoms with E-state index in [4.69, 9.17) is 16.8 Å². The van der Waals surface area contributed by atoms with Crippen molar-refractivity contribution in [2.45, 2.75) is 10.8 Å². The monoisotopic (exact) mass is 416 g/mol. The summed E-state index contributed by atoms with van der Waals surface area (Å²) in [5.74, 6) is -1.42. The van der Waals surface area contributed by atoms with E-state index < -0.39 is 21.8 Å². The number of amides is 1. The molecule has 0 aliphatic heterocycles. The maximum absolute atomic E-state index is 12.6. The van der Waals surface area contributed by atoms with Gasteiger partial charge in [0.1, 0.15) is 0 Å². The molecule has 0 saturated carbocycles. The summed E-state index contributed by atoms with van der Waals surface area (Å²) in [6.07, 6.45) is 0. The van der Waals surface area contributed by atoms with Crippen LogP contribution in [0.15, 0.2) is 83.8 Å². The van der Waals surface area contributed by atoms with E-state index in [1.54, 1.807) is 54.0 Å². The third-order valence-corrected chi connectivity index (χ3v) is 5.75. The number of rotatable bonds is 6.